The van der Waals surface area contributed by atoms with Gasteiger partial charge in [-0.2, -0.15) is 17.5 Å². The molecule has 3 aromatic rings. The summed E-state index contributed by atoms with van der Waals surface area (Å²) >= 11 is 0. The molecule has 3 N–H and O–H groups in total. The van der Waals surface area contributed by atoms with E-state index in [-0.39, 0.29) is 39.1 Å². The lowest BCUT2D eigenvalue weighted by atomic mass is 10.0. The lowest BCUT2D eigenvalue weighted by molar-refractivity contribution is -0.136. The highest BCUT2D eigenvalue weighted by molar-refractivity contribution is 7.89. The van der Waals surface area contributed by atoms with Crippen molar-refractivity contribution >= 4 is 38.2 Å². The average Bonchev–Trinajstić information content (AvgIpc) is 3.41. The molecule has 0 spiro atoms. The fourth-order valence-electron chi connectivity index (χ4n) is 5.49. The van der Waals surface area contributed by atoms with Gasteiger partial charge in [-0.1, -0.05) is 13.8 Å². The number of anilines is 3. The standard InChI is InChI=1S/C28H37F3N6O4S/c1-18(2)16-32-23-15-25(35-27-26(23)21(17-33-27)28(29,30)31)34-22-5-4-20(14-24(22)40-3)42(38,39)37-8-6-19(7-9-37)36-10-12-41-13-11-36/h4-5,14-15,17-19H,6-13,16H2,1-3H3,(H3,32,33,34,35). The number of fused-ring (bicyclic) bond motifs is 1. The fraction of sp³-hybridized carbons (Fsp3) is 0.536. The molecule has 14 heteroatoms. The predicted molar refractivity (Wildman–Crippen MR) is 155 cm³/mol. The Morgan fingerprint density at radius 3 is 2.48 bits per heavy atom. The van der Waals surface area contributed by atoms with Gasteiger partial charge >= 0.3 is 6.18 Å². The van der Waals surface area contributed by atoms with Crippen molar-refractivity contribution in [3.8, 4) is 5.75 Å². The molecular formula is C28H37F3N6O4S. The van der Waals surface area contributed by atoms with Crippen molar-refractivity contribution in [2.24, 2.45) is 5.92 Å². The number of piperidine rings is 1. The van der Waals surface area contributed by atoms with Crippen molar-refractivity contribution in [1.29, 1.82) is 0 Å². The Morgan fingerprint density at radius 2 is 1.83 bits per heavy atom. The number of hydrogen-bond donors (Lipinski definition) is 3. The summed E-state index contributed by atoms with van der Waals surface area (Å²) in [4.78, 5) is 9.47. The molecule has 0 saturated carbocycles. The van der Waals surface area contributed by atoms with E-state index in [1.54, 1.807) is 6.07 Å². The van der Waals surface area contributed by atoms with Crippen molar-refractivity contribution in [2.75, 3.05) is 63.7 Å². The molecule has 230 valence electrons. The van der Waals surface area contributed by atoms with Gasteiger partial charge in [0, 0.05) is 62.8 Å². The Labute approximate surface area is 243 Å². The number of rotatable bonds is 9. The van der Waals surface area contributed by atoms with E-state index in [1.165, 1.54) is 29.6 Å². The number of pyridine rings is 1. The second-order valence-electron chi connectivity index (χ2n) is 11.0. The van der Waals surface area contributed by atoms with Crippen LogP contribution in [-0.4, -0.2) is 86.7 Å². The van der Waals surface area contributed by atoms with Crippen LogP contribution >= 0.6 is 0 Å². The van der Waals surface area contributed by atoms with E-state index < -0.39 is 21.8 Å². The first-order valence-electron chi connectivity index (χ1n) is 14.1. The van der Waals surface area contributed by atoms with Crippen LogP contribution in [-0.2, 0) is 20.9 Å². The summed E-state index contributed by atoms with van der Waals surface area (Å²) in [6, 6.07) is 6.39. The molecule has 4 heterocycles. The van der Waals surface area contributed by atoms with E-state index in [1.807, 2.05) is 13.8 Å². The number of sulfonamides is 1. The van der Waals surface area contributed by atoms with E-state index in [0.717, 1.165) is 32.1 Å². The van der Waals surface area contributed by atoms with E-state index in [0.29, 0.717) is 44.6 Å². The molecule has 0 atom stereocenters. The number of hydrogen-bond acceptors (Lipinski definition) is 8. The van der Waals surface area contributed by atoms with Gasteiger partial charge in [0.15, 0.2) is 0 Å². The maximum absolute atomic E-state index is 13.7. The van der Waals surface area contributed by atoms with E-state index in [9.17, 15) is 21.6 Å². The molecule has 0 aliphatic carbocycles. The minimum atomic E-state index is -4.55. The number of benzene rings is 1. The SMILES string of the molecule is COc1cc(S(=O)(=O)N2CCC(N3CCOCC3)CC2)ccc1Nc1cc(NCC(C)C)c2c(C(F)(F)F)c[nH]c2n1. The summed E-state index contributed by atoms with van der Waals surface area (Å²) in [5.74, 6) is 0.724. The van der Waals surface area contributed by atoms with Gasteiger partial charge in [0.1, 0.15) is 17.2 Å². The maximum Gasteiger partial charge on any atom is 0.418 e. The number of aromatic nitrogens is 2. The zero-order chi connectivity index (χ0) is 30.1. The number of halogens is 3. The summed E-state index contributed by atoms with van der Waals surface area (Å²) in [6.45, 7) is 8.38. The van der Waals surface area contributed by atoms with Gasteiger partial charge in [0.05, 0.1) is 41.9 Å². The molecule has 0 radical (unpaired) electrons. The van der Waals surface area contributed by atoms with Gasteiger partial charge in [0.25, 0.3) is 0 Å². The second kappa shape index (κ2) is 12.3. The van der Waals surface area contributed by atoms with E-state index in [2.05, 4.69) is 25.5 Å². The van der Waals surface area contributed by atoms with Crippen LogP contribution in [0.4, 0.5) is 30.4 Å². The van der Waals surface area contributed by atoms with Crippen molar-refractivity contribution < 1.29 is 31.1 Å². The third kappa shape index (κ3) is 6.46. The second-order valence-corrected chi connectivity index (χ2v) is 13.0. The lowest BCUT2D eigenvalue weighted by Gasteiger charge is -2.39. The summed E-state index contributed by atoms with van der Waals surface area (Å²) in [5.41, 5.74) is -0.0312. The van der Waals surface area contributed by atoms with Gasteiger partial charge in [0.2, 0.25) is 10.0 Å². The van der Waals surface area contributed by atoms with Gasteiger partial charge in [-0.15, -0.1) is 0 Å². The van der Waals surface area contributed by atoms with Crippen molar-refractivity contribution in [3.63, 3.8) is 0 Å². The largest absolute Gasteiger partial charge is 0.495 e. The topological polar surface area (TPSA) is 112 Å². The van der Waals surface area contributed by atoms with Crippen molar-refractivity contribution in [1.82, 2.24) is 19.2 Å². The number of H-pyrrole nitrogens is 1. The average molecular weight is 611 g/mol. The Hall–Kier alpha value is -3.07. The monoisotopic (exact) mass is 610 g/mol. The number of ether oxygens (including phenoxy) is 2. The quantitative estimate of drug-likeness (QED) is 0.314. The highest BCUT2D eigenvalue weighted by atomic mass is 32.2. The minimum absolute atomic E-state index is 0.0421. The summed E-state index contributed by atoms with van der Waals surface area (Å²) < 4.78 is 80.5. The maximum atomic E-state index is 13.7. The molecule has 2 fully saturated rings. The van der Waals surface area contributed by atoms with E-state index in [4.69, 9.17) is 9.47 Å². The van der Waals surface area contributed by atoms with Crippen LogP contribution < -0.4 is 15.4 Å². The normalized spacial score (nSPS) is 18.1. The predicted octanol–water partition coefficient (Wildman–Crippen LogP) is 4.89. The fourth-order valence-corrected chi connectivity index (χ4v) is 6.97. The summed E-state index contributed by atoms with van der Waals surface area (Å²) in [7, 11) is -2.33. The van der Waals surface area contributed by atoms with Gasteiger partial charge < -0.3 is 25.1 Å². The van der Waals surface area contributed by atoms with Gasteiger partial charge in [-0.3, -0.25) is 4.90 Å². The molecule has 0 amide bonds. The van der Waals surface area contributed by atoms with Crippen LogP contribution in [0.1, 0.15) is 32.3 Å². The van der Waals surface area contributed by atoms with Crippen molar-refractivity contribution in [2.45, 2.75) is 43.8 Å². The smallest absolute Gasteiger partial charge is 0.418 e. The number of nitrogens with one attached hydrogen (secondary N) is 3. The summed E-state index contributed by atoms with van der Waals surface area (Å²) in [5, 5.41) is 6.15. The van der Waals surface area contributed by atoms with Gasteiger partial charge in [-0.25, -0.2) is 13.4 Å². The zero-order valence-corrected chi connectivity index (χ0v) is 24.7. The Morgan fingerprint density at radius 1 is 1.12 bits per heavy atom. The zero-order valence-electron chi connectivity index (χ0n) is 23.9. The van der Waals surface area contributed by atoms with Gasteiger partial charge in [-0.05, 0) is 30.9 Å². The minimum Gasteiger partial charge on any atom is -0.495 e. The highest BCUT2D eigenvalue weighted by Crippen LogP contribution is 2.40. The Kier molecular flexibility index (Phi) is 8.88. The Bertz CT molecular complexity index is 1500. The Balaban J connectivity index is 1.37. The molecule has 1 aromatic carbocycles. The molecular weight excluding hydrogens is 573 g/mol. The first kappa shape index (κ1) is 30.4. The summed E-state index contributed by atoms with van der Waals surface area (Å²) in [6.07, 6.45) is -2.13. The van der Waals surface area contributed by atoms with Crippen LogP contribution in [0.5, 0.6) is 5.75 Å². The highest BCUT2D eigenvalue weighted by Gasteiger charge is 2.36. The number of methoxy groups -OCH3 is 1. The van der Waals surface area contributed by atoms with E-state index >= 15 is 0 Å². The third-order valence-corrected chi connectivity index (χ3v) is 9.60. The number of nitrogens with zero attached hydrogens (tertiary/aromatic N) is 3. The molecule has 2 aromatic heterocycles. The molecule has 0 unspecified atom stereocenters. The number of morpholine rings is 1. The van der Waals surface area contributed by atoms with Crippen LogP contribution in [0, 0.1) is 5.92 Å². The molecule has 2 aliphatic rings. The van der Waals surface area contributed by atoms with Crippen molar-refractivity contribution in [3.05, 3.63) is 36.0 Å². The molecule has 5 rings (SSSR count). The number of aromatic amines is 1. The van der Waals surface area contributed by atoms with Crippen LogP contribution in [0.25, 0.3) is 11.0 Å². The first-order chi connectivity index (χ1) is 20.0. The molecule has 0 bridgehead atoms. The third-order valence-electron chi connectivity index (χ3n) is 7.71. The van der Waals surface area contributed by atoms with Crippen LogP contribution in [0.2, 0.25) is 0 Å². The molecule has 2 aliphatic heterocycles. The van der Waals surface area contributed by atoms with Crippen LogP contribution in [0.3, 0.4) is 0 Å². The number of alkyl halides is 3. The molecule has 2 saturated heterocycles. The van der Waals surface area contributed by atoms with Crippen LogP contribution in [0.15, 0.2) is 35.4 Å². The first-order valence-corrected chi connectivity index (χ1v) is 15.5. The lowest BCUT2D eigenvalue weighted by Crippen LogP contribution is -2.50. The molecule has 10 nitrogen and oxygen atoms in total. The molecule has 42 heavy (non-hydrogen) atoms.